The number of rotatable bonds is 10. The van der Waals surface area contributed by atoms with Gasteiger partial charge in [-0.1, -0.05) is 37.6 Å². The molecule has 0 spiro atoms. The molecule has 0 bridgehead atoms. The van der Waals surface area contributed by atoms with Gasteiger partial charge in [-0.25, -0.2) is 0 Å². The van der Waals surface area contributed by atoms with Gasteiger partial charge in [-0.05, 0) is 70.5 Å². The molecular weight excluding hydrogens is 260 g/mol. The van der Waals surface area contributed by atoms with E-state index >= 15 is 0 Å². The summed E-state index contributed by atoms with van der Waals surface area (Å²) in [5.41, 5.74) is 3.46. The van der Waals surface area contributed by atoms with E-state index in [0.717, 1.165) is 44.7 Å². The first-order valence-corrected chi connectivity index (χ1v) is 8.26. The Morgan fingerprint density at radius 3 is 2.52 bits per heavy atom. The average molecular weight is 292 g/mol. The number of nitrogens with zero attached hydrogens (tertiary/aromatic N) is 1. The van der Waals surface area contributed by atoms with Crippen molar-refractivity contribution in [3.8, 4) is 0 Å². The molecule has 2 N–H and O–H groups in total. The molecule has 0 aromatic heterocycles. The van der Waals surface area contributed by atoms with E-state index in [0.29, 0.717) is 0 Å². The predicted octanol–water partition coefficient (Wildman–Crippen LogP) is 3.05. The second kappa shape index (κ2) is 9.93. The molecule has 0 amide bonds. The summed E-state index contributed by atoms with van der Waals surface area (Å²) >= 11 is 0. The Bertz CT molecular complexity index is 402. The Morgan fingerprint density at radius 2 is 1.86 bits per heavy atom. The van der Waals surface area contributed by atoms with Gasteiger partial charge in [0.1, 0.15) is 0 Å². The third-order valence-corrected chi connectivity index (χ3v) is 4.11. The van der Waals surface area contributed by atoms with Crippen molar-refractivity contribution < 1.29 is 5.11 Å². The van der Waals surface area contributed by atoms with E-state index in [2.05, 4.69) is 56.1 Å². The van der Waals surface area contributed by atoms with E-state index in [9.17, 15) is 5.11 Å². The van der Waals surface area contributed by atoms with E-state index in [1.54, 1.807) is 0 Å². The number of benzene rings is 1. The Kier molecular flexibility index (Phi) is 8.58. The molecule has 1 aromatic rings. The van der Waals surface area contributed by atoms with Crippen LogP contribution in [0.3, 0.4) is 0 Å². The summed E-state index contributed by atoms with van der Waals surface area (Å²) in [6.45, 7) is 13.8. The number of aliphatic hydroxyl groups excluding tert-OH is 1. The van der Waals surface area contributed by atoms with Crippen LogP contribution < -0.4 is 5.32 Å². The van der Waals surface area contributed by atoms with Gasteiger partial charge in [0, 0.05) is 0 Å². The predicted molar refractivity (Wildman–Crippen MR) is 90.8 cm³/mol. The molecule has 0 aliphatic rings. The molecule has 0 saturated carbocycles. The van der Waals surface area contributed by atoms with Gasteiger partial charge in [-0.2, -0.15) is 0 Å². The van der Waals surface area contributed by atoms with Crippen molar-refractivity contribution in [1.29, 1.82) is 0 Å². The van der Waals surface area contributed by atoms with E-state index in [4.69, 9.17) is 0 Å². The lowest BCUT2D eigenvalue weighted by Gasteiger charge is -2.18. The molecule has 0 heterocycles. The van der Waals surface area contributed by atoms with Crippen LogP contribution >= 0.6 is 0 Å². The Balaban J connectivity index is 2.22. The fraction of sp³-hybridized carbons (Fsp3) is 0.667. The van der Waals surface area contributed by atoms with Crippen molar-refractivity contribution in [3.05, 3.63) is 34.9 Å². The molecule has 120 valence electrons. The summed E-state index contributed by atoms with van der Waals surface area (Å²) < 4.78 is 0. The maximum atomic E-state index is 10.3. The molecule has 21 heavy (non-hydrogen) atoms. The quantitative estimate of drug-likeness (QED) is 0.651. The van der Waals surface area contributed by atoms with Crippen molar-refractivity contribution in [3.63, 3.8) is 0 Å². The Hall–Kier alpha value is -0.900. The van der Waals surface area contributed by atoms with Crippen LogP contribution in [0.15, 0.2) is 18.2 Å². The van der Waals surface area contributed by atoms with Crippen molar-refractivity contribution in [1.82, 2.24) is 10.2 Å². The summed E-state index contributed by atoms with van der Waals surface area (Å²) in [5, 5.41) is 13.7. The smallest absolute Gasteiger partial charge is 0.0804 e. The lowest BCUT2D eigenvalue weighted by atomic mass is 9.99. The normalized spacial score (nSPS) is 12.9. The Morgan fingerprint density at radius 1 is 1.14 bits per heavy atom. The molecule has 0 aliphatic heterocycles. The molecule has 1 atom stereocenters. The lowest BCUT2D eigenvalue weighted by Crippen LogP contribution is -2.27. The number of hydrogen-bond acceptors (Lipinski definition) is 3. The minimum atomic E-state index is -0.361. The zero-order chi connectivity index (χ0) is 15.7. The van der Waals surface area contributed by atoms with Gasteiger partial charge in [0.25, 0.3) is 0 Å². The molecule has 1 unspecified atom stereocenters. The van der Waals surface area contributed by atoms with Gasteiger partial charge in [-0.3, -0.25) is 0 Å². The van der Waals surface area contributed by atoms with Crippen molar-refractivity contribution in [2.45, 2.75) is 46.6 Å². The lowest BCUT2D eigenvalue weighted by molar-refractivity contribution is 0.166. The second-order valence-electron chi connectivity index (χ2n) is 5.79. The number of hydrogen-bond donors (Lipinski definition) is 2. The summed E-state index contributed by atoms with van der Waals surface area (Å²) in [6, 6.07) is 6.28. The fourth-order valence-electron chi connectivity index (χ4n) is 2.61. The summed E-state index contributed by atoms with van der Waals surface area (Å²) in [5.74, 6) is 0. The minimum Gasteiger partial charge on any atom is -0.388 e. The largest absolute Gasteiger partial charge is 0.388 e. The average Bonchev–Trinajstić information content (AvgIpc) is 2.49. The molecule has 3 heteroatoms. The zero-order valence-electron chi connectivity index (χ0n) is 14.2. The number of nitrogens with one attached hydrogen (secondary N) is 1. The topological polar surface area (TPSA) is 35.5 Å². The van der Waals surface area contributed by atoms with Crippen LogP contribution in [0.25, 0.3) is 0 Å². The van der Waals surface area contributed by atoms with Gasteiger partial charge >= 0.3 is 0 Å². The maximum absolute atomic E-state index is 10.3. The highest BCUT2D eigenvalue weighted by atomic mass is 16.3. The van der Waals surface area contributed by atoms with E-state index < -0.39 is 0 Å². The van der Waals surface area contributed by atoms with Crippen LogP contribution in [0, 0.1) is 13.8 Å². The van der Waals surface area contributed by atoms with Crippen LogP contribution in [0.4, 0.5) is 0 Å². The van der Waals surface area contributed by atoms with Gasteiger partial charge in [0.05, 0.1) is 6.10 Å². The highest BCUT2D eigenvalue weighted by Crippen LogP contribution is 2.21. The fourth-order valence-corrected chi connectivity index (χ4v) is 2.61. The van der Waals surface area contributed by atoms with Crippen LogP contribution in [-0.2, 0) is 0 Å². The summed E-state index contributed by atoms with van der Waals surface area (Å²) in [4.78, 5) is 2.44. The van der Waals surface area contributed by atoms with Crippen molar-refractivity contribution in [2.75, 3.05) is 32.7 Å². The standard InChI is InChI=1S/C18H32N2O/c1-5-20(6-2)13-7-11-19-12-10-18(21)17-14-15(3)8-9-16(17)4/h8-9,14,18-19,21H,5-7,10-13H2,1-4H3. The van der Waals surface area contributed by atoms with E-state index in [1.165, 1.54) is 17.5 Å². The zero-order valence-corrected chi connectivity index (χ0v) is 14.2. The van der Waals surface area contributed by atoms with Crippen molar-refractivity contribution >= 4 is 0 Å². The molecule has 0 fully saturated rings. The first kappa shape index (κ1) is 18.1. The highest BCUT2D eigenvalue weighted by molar-refractivity contribution is 5.32. The van der Waals surface area contributed by atoms with Gasteiger partial charge in [0.2, 0.25) is 0 Å². The third kappa shape index (κ3) is 6.60. The van der Waals surface area contributed by atoms with Crippen LogP contribution in [0.2, 0.25) is 0 Å². The number of aryl methyl sites for hydroxylation is 2. The molecule has 0 aliphatic carbocycles. The summed E-state index contributed by atoms with van der Waals surface area (Å²) in [6.07, 6.45) is 1.58. The van der Waals surface area contributed by atoms with Crippen molar-refractivity contribution in [2.24, 2.45) is 0 Å². The van der Waals surface area contributed by atoms with E-state index in [1.807, 2.05) is 0 Å². The molecule has 0 saturated heterocycles. The van der Waals surface area contributed by atoms with Crippen LogP contribution in [0.5, 0.6) is 0 Å². The SMILES string of the molecule is CCN(CC)CCCNCCC(O)c1cc(C)ccc1C. The number of aliphatic hydroxyl groups is 1. The highest BCUT2D eigenvalue weighted by Gasteiger charge is 2.10. The maximum Gasteiger partial charge on any atom is 0.0804 e. The second-order valence-corrected chi connectivity index (χ2v) is 5.79. The van der Waals surface area contributed by atoms with Crippen LogP contribution in [0.1, 0.15) is 49.5 Å². The minimum absolute atomic E-state index is 0.361. The first-order chi connectivity index (χ1) is 10.1. The molecular formula is C18H32N2O. The molecule has 0 radical (unpaired) electrons. The summed E-state index contributed by atoms with van der Waals surface area (Å²) in [7, 11) is 0. The molecule has 1 aromatic carbocycles. The first-order valence-electron chi connectivity index (χ1n) is 8.26. The monoisotopic (exact) mass is 292 g/mol. The molecule has 3 nitrogen and oxygen atoms in total. The molecule has 1 rings (SSSR count). The van der Waals surface area contributed by atoms with E-state index in [-0.39, 0.29) is 6.10 Å². The Labute approximate surface area is 130 Å². The third-order valence-electron chi connectivity index (χ3n) is 4.11. The van der Waals surface area contributed by atoms with Gasteiger partial charge in [-0.15, -0.1) is 0 Å². The van der Waals surface area contributed by atoms with Gasteiger partial charge < -0.3 is 15.3 Å². The van der Waals surface area contributed by atoms with Crippen LogP contribution in [-0.4, -0.2) is 42.7 Å². The van der Waals surface area contributed by atoms with Gasteiger partial charge in [0.15, 0.2) is 0 Å².